The van der Waals surface area contributed by atoms with Gasteiger partial charge >= 0.3 is 5.97 Å². The van der Waals surface area contributed by atoms with Crippen LogP contribution in [0.25, 0.3) is 0 Å². The Morgan fingerprint density at radius 1 is 1.52 bits per heavy atom. The van der Waals surface area contributed by atoms with Gasteiger partial charge in [0.2, 0.25) is 0 Å². The van der Waals surface area contributed by atoms with E-state index >= 15 is 0 Å². The Labute approximate surface area is 122 Å². The van der Waals surface area contributed by atoms with Gasteiger partial charge in [-0.15, -0.1) is 0 Å². The SMILES string of the molecule is C=CCOc1cccnc1C(=O)N[C@H]1CC[C@@H](C(=O)O)C1. The lowest BCUT2D eigenvalue weighted by Crippen LogP contribution is -2.34. The number of hydrogen-bond acceptors (Lipinski definition) is 4. The Kier molecular flexibility index (Phi) is 4.92. The molecule has 6 nitrogen and oxygen atoms in total. The second kappa shape index (κ2) is 6.88. The van der Waals surface area contributed by atoms with Gasteiger partial charge in [0.15, 0.2) is 11.4 Å². The number of pyridine rings is 1. The van der Waals surface area contributed by atoms with Crippen LogP contribution in [0.4, 0.5) is 0 Å². The molecule has 2 rings (SSSR count). The average Bonchev–Trinajstić information content (AvgIpc) is 2.94. The summed E-state index contributed by atoms with van der Waals surface area (Å²) in [6.07, 6.45) is 4.81. The fraction of sp³-hybridized carbons (Fsp3) is 0.400. The lowest BCUT2D eigenvalue weighted by atomic mass is 10.1. The highest BCUT2D eigenvalue weighted by atomic mass is 16.5. The molecule has 0 bridgehead atoms. The van der Waals surface area contributed by atoms with E-state index in [1.165, 1.54) is 6.20 Å². The molecule has 1 aliphatic rings. The summed E-state index contributed by atoms with van der Waals surface area (Å²) in [4.78, 5) is 27.2. The van der Waals surface area contributed by atoms with Crippen molar-refractivity contribution in [3.63, 3.8) is 0 Å². The minimum Gasteiger partial charge on any atom is -0.487 e. The highest BCUT2D eigenvalue weighted by molar-refractivity contribution is 5.95. The highest BCUT2D eigenvalue weighted by Gasteiger charge is 2.31. The van der Waals surface area contributed by atoms with Crippen LogP contribution in [0, 0.1) is 5.92 Å². The molecule has 2 atom stereocenters. The summed E-state index contributed by atoms with van der Waals surface area (Å²) in [7, 11) is 0. The fourth-order valence-corrected chi connectivity index (χ4v) is 2.42. The number of aliphatic carboxylic acids is 1. The average molecular weight is 290 g/mol. The number of nitrogens with one attached hydrogen (secondary N) is 1. The standard InChI is InChI=1S/C15H18N2O4/c1-2-8-21-12-4-3-7-16-13(12)14(18)17-11-6-5-10(9-11)15(19)20/h2-4,7,10-11H,1,5-6,8-9H2,(H,17,18)(H,19,20)/t10-,11+/m1/s1. The molecule has 1 amide bonds. The normalized spacial score (nSPS) is 20.8. The van der Waals surface area contributed by atoms with Gasteiger partial charge in [0.05, 0.1) is 5.92 Å². The van der Waals surface area contributed by atoms with Crippen LogP contribution >= 0.6 is 0 Å². The highest BCUT2D eigenvalue weighted by Crippen LogP contribution is 2.26. The van der Waals surface area contributed by atoms with E-state index in [4.69, 9.17) is 9.84 Å². The summed E-state index contributed by atoms with van der Waals surface area (Å²) in [5.74, 6) is -1.14. The van der Waals surface area contributed by atoms with E-state index in [1.54, 1.807) is 18.2 Å². The van der Waals surface area contributed by atoms with Crippen molar-refractivity contribution in [1.82, 2.24) is 10.3 Å². The molecular weight excluding hydrogens is 272 g/mol. The number of nitrogens with zero attached hydrogens (tertiary/aromatic N) is 1. The summed E-state index contributed by atoms with van der Waals surface area (Å²) in [6.45, 7) is 3.84. The Morgan fingerprint density at radius 2 is 2.33 bits per heavy atom. The van der Waals surface area contributed by atoms with E-state index in [1.807, 2.05) is 0 Å². The Hall–Kier alpha value is -2.37. The van der Waals surface area contributed by atoms with E-state index < -0.39 is 5.97 Å². The first-order valence-electron chi connectivity index (χ1n) is 6.84. The van der Waals surface area contributed by atoms with Gasteiger partial charge in [-0.3, -0.25) is 9.59 Å². The number of hydrogen-bond donors (Lipinski definition) is 2. The monoisotopic (exact) mass is 290 g/mol. The molecule has 1 aliphatic carbocycles. The molecule has 1 saturated carbocycles. The molecule has 0 radical (unpaired) electrons. The molecule has 0 spiro atoms. The van der Waals surface area contributed by atoms with Gasteiger partial charge in [0.25, 0.3) is 5.91 Å². The number of ether oxygens (including phenoxy) is 1. The number of aromatic nitrogens is 1. The molecular formula is C15H18N2O4. The maximum absolute atomic E-state index is 12.2. The van der Waals surface area contributed by atoms with Gasteiger partial charge in [-0.05, 0) is 31.4 Å². The summed E-state index contributed by atoms with van der Waals surface area (Å²) >= 11 is 0. The second-order valence-electron chi connectivity index (χ2n) is 4.97. The van der Waals surface area contributed by atoms with E-state index in [0.717, 1.165) is 0 Å². The van der Waals surface area contributed by atoms with Crippen LogP contribution in [0.15, 0.2) is 31.0 Å². The first kappa shape index (κ1) is 15.0. The fourth-order valence-electron chi connectivity index (χ4n) is 2.42. The van der Waals surface area contributed by atoms with Crippen LogP contribution in [0.3, 0.4) is 0 Å². The van der Waals surface area contributed by atoms with Gasteiger partial charge in [0, 0.05) is 12.2 Å². The topological polar surface area (TPSA) is 88.5 Å². The Balaban J connectivity index is 2.00. The molecule has 0 aliphatic heterocycles. The van der Waals surface area contributed by atoms with E-state index in [2.05, 4.69) is 16.9 Å². The number of carbonyl (C=O) groups is 2. The van der Waals surface area contributed by atoms with E-state index in [9.17, 15) is 9.59 Å². The largest absolute Gasteiger partial charge is 0.487 e. The van der Waals surface area contributed by atoms with Crippen molar-refractivity contribution in [1.29, 1.82) is 0 Å². The van der Waals surface area contributed by atoms with Crippen molar-refractivity contribution in [2.45, 2.75) is 25.3 Å². The van der Waals surface area contributed by atoms with Crippen LogP contribution in [-0.4, -0.2) is 34.6 Å². The smallest absolute Gasteiger partial charge is 0.306 e. The first-order chi connectivity index (χ1) is 10.1. The van der Waals surface area contributed by atoms with Gasteiger partial charge in [-0.25, -0.2) is 4.98 Å². The van der Waals surface area contributed by atoms with Crippen molar-refractivity contribution >= 4 is 11.9 Å². The second-order valence-corrected chi connectivity index (χ2v) is 4.97. The van der Waals surface area contributed by atoms with Gasteiger partial charge in [0.1, 0.15) is 6.61 Å². The maximum Gasteiger partial charge on any atom is 0.306 e. The minimum absolute atomic E-state index is 0.132. The van der Waals surface area contributed by atoms with Crippen molar-refractivity contribution < 1.29 is 19.4 Å². The van der Waals surface area contributed by atoms with Gasteiger partial charge in [-0.1, -0.05) is 12.7 Å². The molecule has 0 aromatic carbocycles. The molecule has 1 heterocycles. The third-order valence-electron chi connectivity index (χ3n) is 3.46. The van der Waals surface area contributed by atoms with Crippen LogP contribution in [0.5, 0.6) is 5.75 Å². The molecule has 1 fully saturated rings. The third kappa shape index (κ3) is 3.81. The number of rotatable bonds is 6. The molecule has 2 N–H and O–H groups in total. The van der Waals surface area contributed by atoms with Gasteiger partial charge < -0.3 is 15.2 Å². The van der Waals surface area contributed by atoms with Crippen molar-refractivity contribution in [2.75, 3.05) is 6.61 Å². The predicted molar refractivity (Wildman–Crippen MR) is 76.2 cm³/mol. The minimum atomic E-state index is -0.806. The Bertz CT molecular complexity index is 544. The Morgan fingerprint density at radius 3 is 3.00 bits per heavy atom. The maximum atomic E-state index is 12.2. The third-order valence-corrected chi connectivity index (χ3v) is 3.46. The van der Waals surface area contributed by atoms with Crippen molar-refractivity contribution in [3.8, 4) is 5.75 Å². The van der Waals surface area contributed by atoms with Crippen molar-refractivity contribution in [3.05, 3.63) is 36.7 Å². The van der Waals surface area contributed by atoms with Crippen LogP contribution in [0.1, 0.15) is 29.8 Å². The molecule has 1 aromatic heterocycles. The summed E-state index contributed by atoms with van der Waals surface area (Å²) < 4.78 is 5.40. The van der Waals surface area contributed by atoms with E-state index in [-0.39, 0.29) is 30.2 Å². The molecule has 1 aromatic rings. The lowest BCUT2D eigenvalue weighted by molar-refractivity contribution is -0.141. The zero-order chi connectivity index (χ0) is 15.2. The molecule has 0 unspecified atom stereocenters. The summed E-state index contributed by atoms with van der Waals surface area (Å²) in [6, 6.07) is 3.22. The van der Waals surface area contributed by atoms with E-state index in [0.29, 0.717) is 25.0 Å². The summed E-state index contributed by atoms with van der Waals surface area (Å²) in [5.41, 5.74) is 0.207. The van der Waals surface area contributed by atoms with Crippen LogP contribution in [0.2, 0.25) is 0 Å². The first-order valence-corrected chi connectivity index (χ1v) is 6.84. The molecule has 21 heavy (non-hydrogen) atoms. The number of carbonyl (C=O) groups excluding carboxylic acids is 1. The van der Waals surface area contributed by atoms with Crippen molar-refractivity contribution in [2.24, 2.45) is 5.92 Å². The number of carboxylic acid groups (broad SMARTS) is 1. The molecule has 0 saturated heterocycles. The zero-order valence-corrected chi connectivity index (χ0v) is 11.6. The predicted octanol–water partition coefficient (Wildman–Crippen LogP) is 1.63. The molecule has 112 valence electrons. The quantitative estimate of drug-likeness (QED) is 0.777. The number of carboxylic acids is 1. The van der Waals surface area contributed by atoms with Gasteiger partial charge in [-0.2, -0.15) is 0 Å². The van der Waals surface area contributed by atoms with Crippen LogP contribution < -0.4 is 10.1 Å². The lowest BCUT2D eigenvalue weighted by Gasteiger charge is -2.14. The summed E-state index contributed by atoms with van der Waals surface area (Å²) in [5, 5.41) is 11.8. The van der Waals surface area contributed by atoms with Crippen LogP contribution in [-0.2, 0) is 4.79 Å². The zero-order valence-electron chi connectivity index (χ0n) is 11.6. The molecule has 6 heteroatoms. The number of amides is 1.